The van der Waals surface area contributed by atoms with E-state index in [1.807, 2.05) is 26.8 Å². The highest BCUT2D eigenvalue weighted by Crippen LogP contribution is 2.09. The van der Waals surface area contributed by atoms with Gasteiger partial charge in [0.05, 0.1) is 6.61 Å². The molecule has 0 unspecified atom stereocenters. The third-order valence-corrected chi connectivity index (χ3v) is 1.33. The SMILES string of the molecule is CC.CCCOc1nccc(OCC#N)n1. The summed E-state index contributed by atoms with van der Waals surface area (Å²) >= 11 is 0. The van der Waals surface area contributed by atoms with Crippen LogP contribution in [0, 0.1) is 11.3 Å². The number of hydrogen-bond acceptors (Lipinski definition) is 5. The molecule has 5 nitrogen and oxygen atoms in total. The topological polar surface area (TPSA) is 68.0 Å². The minimum atomic E-state index is -0.0236. The predicted molar refractivity (Wildman–Crippen MR) is 60.3 cm³/mol. The van der Waals surface area contributed by atoms with Crippen molar-refractivity contribution in [3.05, 3.63) is 12.3 Å². The Morgan fingerprint density at radius 3 is 2.75 bits per heavy atom. The second-order valence-electron chi connectivity index (χ2n) is 2.47. The molecule has 0 radical (unpaired) electrons. The van der Waals surface area contributed by atoms with Gasteiger partial charge in [0.15, 0.2) is 6.61 Å². The highest BCUT2D eigenvalue weighted by Gasteiger charge is 1.99. The van der Waals surface area contributed by atoms with E-state index in [0.717, 1.165) is 6.42 Å². The van der Waals surface area contributed by atoms with E-state index in [0.29, 0.717) is 12.5 Å². The summed E-state index contributed by atoms with van der Waals surface area (Å²) in [5.41, 5.74) is 0. The van der Waals surface area contributed by atoms with Gasteiger partial charge in [0, 0.05) is 12.3 Å². The van der Waals surface area contributed by atoms with Crippen molar-refractivity contribution in [2.75, 3.05) is 13.2 Å². The quantitative estimate of drug-likeness (QED) is 0.765. The fraction of sp³-hybridized carbons (Fsp3) is 0.545. The molecule has 0 saturated heterocycles. The van der Waals surface area contributed by atoms with Gasteiger partial charge in [-0.05, 0) is 6.42 Å². The number of hydrogen-bond donors (Lipinski definition) is 0. The average molecular weight is 223 g/mol. The minimum Gasteiger partial charge on any atom is -0.463 e. The molecule has 0 spiro atoms. The smallest absolute Gasteiger partial charge is 0.319 e. The molecule has 0 aliphatic carbocycles. The molecule has 0 atom stereocenters. The first-order chi connectivity index (χ1) is 7.86. The van der Waals surface area contributed by atoms with Crippen molar-refractivity contribution in [3.63, 3.8) is 0 Å². The van der Waals surface area contributed by atoms with Crippen molar-refractivity contribution in [2.24, 2.45) is 0 Å². The second-order valence-corrected chi connectivity index (χ2v) is 2.47. The molecule has 0 N–H and O–H groups in total. The van der Waals surface area contributed by atoms with E-state index in [-0.39, 0.29) is 12.6 Å². The highest BCUT2D eigenvalue weighted by molar-refractivity contribution is 5.11. The summed E-state index contributed by atoms with van der Waals surface area (Å²) in [7, 11) is 0. The molecule has 1 aromatic rings. The Labute approximate surface area is 96.1 Å². The lowest BCUT2D eigenvalue weighted by molar-refractivity contribution is 0.280. The first kappa shape index (κ1) is 14.2. The third kappa shape index (κ3) is 5.81. The van der Waals surface area contributed by atoms with Crippen molar-refractivity contribution in [3.8, 4) is 18.0 Å². The monoisotopic (exact) mass is 223 g/mol. The molecule has 0 amide bonds. The van der Waals surface area contributed by atoms with E-state index in [9.17, 15) is 0 Å². The average Bonchev–Trinajstić information content (AvgIpc) is 2.37. The van der Waals surface area contributed by atoms with E-state index in [4.69, 9.17) is 14.7 Å². The number of ether oxygens (including phenoxy) is 2. The van der Waals surface area contributed by atoms with E-state index in [2.05, 4.69) is 9.97 Å². The summed E-state index contributed by atoms with van der Waals surface area (Å²) in [6.07, 6.45) is 2.43. The van der Waals surface area contributed by atoms with Gasteiger partial charge in [-0.1, -0.05) is 20.8 Å². The van der Waals surface area contributed by atoms with Gasteiger partial charge < -0.3 is 9.47 Å². The number of aromatic nitrogens is 2. The number of nitrogens with zero attached hydrogens (tertiary/aromatic N) is 3. The van der Waals surface area contributed by atoms with Gasteiger partial charge in [-0.15, -0.1) is 0 Å². The fourth-order valence-electron chi connectivity index (χ4n) is 0.775. The molecule has 16 heavy (non-hydrogen) atoms. The van der Waals surface area contributed by atoms with Crippen molar-refractivity contribution in [1.82, 2.24) is 9.97 Å². The van der Waals surface area contributed by atoms with Gasteiger partial charge >= 0.3 is 6.01 Å². The Balaban J connectivity index is 0.00000106. The van der Waals surface area contributed by atoms with E-state index in [1.165, 1.54) is 6.20 Å². The molecular weight excluding hydrogens is 206 g/mol. The van der Waals surface area contributed by atoms with Crippen LogP contribution in [0.15, 0.2) is 12.3 Å². The predicted octanol–water partition coefficient (Wildman–Crippen LogP) is 2.19. The van der Waals surface area contributed by atoms with Crippen molar-refractivity contribution < 1.29 is 9.47 Å². The summed E-state index contributed by atoms with van der Waals surface area (Å²) in [5, 5.41) is 8.29. The van der Waals surface area contributed by atoms with Crippen LogP contribution in [-0.2, 0) is 0 Å². The van der Waals surface area contributed by atoms with Crippen LogP contribution in [-0.4, -0.2) is 23.2 Å². The van der Waals surface area contributed by atoms with Crippen LogP contribution in [0.2, 0.25) is 0 Å². The van der Waals surface area contributed by atoms with E-state index < -0.39 is 0 Å². The molecule has 5 heteroatoms. The normalized spacial score (nSPS) is 8.38. The van der Waals surface area contributed by atoms with E-state index in [1.54, 1.807) is 6.07 Å². The maximum atomic E-state index is 8.29. The van der Waals surface area contributed by atoms with Gasteiger partial charge in [-0.25, -0.2) is 4.98 Å². The summed E-state index contributed by atoms with van der Waals surface area (Å²) in [5.74, 6) is 0.354. The molecule has 0 aliphatic heterocycles. The maximum Gasteiger partial charge on any atom is 0.319 e. The highest BCUT2D eigenvalue weighted by atomic mass is 16.5. The lowest BCUT2D eigenvalue weighted by Gasteiger charge is -2.03. The lowest BCUT2D eigenvalue weighted by atomic mass is 10.5. The molecule has 88 valence electrons. The van der Waals surface area contributed by atoms with Crippen molar-refractivity contribution >= 4 is 0 Å². The van der Waals surface area contributed by atoms with Gasteiger partial charge in [-0.3, -0.25) is 0 Å². The van der Waals surface area contributed by atoms with Gasteiger partial charge in [-0.2, -0.15) is 10.2 Å². The summed E-state index contributed by atoms with van der Waals surface area (Å²) in [6, 6.07) is 3.71. The fourth-order valence-corrected chi connectivity index (χ4v) is 0.775. The Kier molecular flexibility index (Phi) is 8.60. The van der Waals surface area contributed by atoms with Crippen LogP contribution in [0.1, 0.15) is 27.2 Å². The molecule has 1 heterocycles. The van der Waals surface area contributed by atoms with Gasteiger partial charge in [0.1, 0.15) is 6.07 Å². The summed E-state index contributed by atoms with van der Waals surface area (Å²) in [4.78, 5) is 7.83. The third-order valence-electron chi connectivity index (χ3n) is 1.33. The Morgan fingerprint density at radius 2 is 2.12 bits per heavy atom. The van der Waals surface area contributed by atoms with Crippen LogP contribution < -0.4 is 9.47 Å². The van der Waals surface area contributed by atoms with Gasteiger partial charge in [0.25, 0.3) is 0 Å². The summed E-state index contributed by atoms with van der Waals surface area (Å²) in [6.45, 7) is 6.54. The van der Waals surface area contributed by atoms with Crippen LogP contribution >= 0.6 is 0 Å². The zero-order valence-corrected chi connectivity index (χ0v) is 9.93. The van der Waals surface area contributed by atoms with Gasteiger partial charge in [0.2, 0.25) is 5.88 Å². The Morgan fingerprint density at radius 1 is 1.38 bits per heavy atom. The van der Waals surface area contributed by atoms with Crippen LogP contribution in [0.5, 0.6) is 11.9 Å². The molecule has 1 rings (SSSR count). The molecule has 0 aromatic carbocycles. The summed E-state index contributed by atoms with van der Waals surface area (Å²) < 4.78 is 10.2. The standard InChI is InChI=1S/C9H11N3O2.C2H6/c1-2-6-14-9-11-5-3-8(12-9)13-7-4-10;1-2/h3,5H,2,6-7H2,1H3;1-2H3. The van der Waals surface area contributed by atoms with Crippen LogP contribution in [0.3, 0.4) is 0 Å². The number of rotatable bonds is 5. The van der Waals surface area contributed by atoms with Crippen molar-refractivity contribution in [2.45, 2.75) is 27.2 Å². The second kappa shape index (κ2) is 9.71. The molecule has 1 aromatic heterocycles. The maximum absolute atomic E-state index is 8.29. The Hall–Kier alpha value is -1.83. The molecule has 0 saturated carbocycles. The van der Waals surface area contributed by atoms with Crippen LogP contribution in [0.25, 0.3) is 0 Å². The molecule has 0 fully saturated rings. The molecular formula is C11H17N3O2. The lowest BCUT2D eigenvalue weighted by Crippen LogP contribution is -2.02. The zero-order valence-electron chi connectivity index (χ0n) is 9.93. The molecule has 0 aliphatic rings. The molecule has 0 bridgehead atoms. The number of nitriles is 1. The first-order valence-electron chi connectivity index (χ1n) is 5.32. The van der Waals surface area contributed by atoms with Crippen LogP contribution in [0.4, 0.5) is 0 Å². The van der Waals surface area contributed by atoms with Crippen molar-refractivity contribution in [1.29, 1.82) is 5.26 Å². The largest absolute Gasteiger partial charge is 0.463 e. The zero-order chi connectivity index (χ0) is 12.2. The minimum absolute atomic E-state index is 0.0236. The first-order valence-corrected chi connectivity index (χ1v) is 5.32. The Bertz CT molecular complexity index is 323. The van der Waals surface area contributed by atoms with E-state index >= 15 is 0 Å².